The van der Waals surface area contributed by atoms with Crippen LogP contribution in [-0.2, 0) is 4.74 Å². The molecule has 3 aliphatic rings. The molecule has 0 aromatic rings. The van der Waals surface area contributed by atoms with Crippen molar-refractivity contribution in [2.75, 3.05) is 39.4 Å². The number of carbonyl (C=O) groups is 1. The van der Waals surface area contributed by atoms with Crippen molar-refractivity contribution in [3.63, 3.8) is 0 Å². The number of carbonyl (C=O) groups excluding carboxylic acids is 1. The van der Waals surface area contributed by atoms with E-state index in [2.05, 4.69) is 10.2 Å². The van der Waals surface area contributed by atoms with Crippen molar-refractivity contribution in [3.8, 4) is 0 Å². The quantitative estimate of drug-likeness (QED) is 0.833. The van der Waals surface area contributed by atoms with Crippen LogP contribution >= 0.6 is 0 Å². The van der Waals surface area contributed by atoms with Gasteiger partial charge in [-0.3, -0.25) is 0 Å². The first-order valence-corrected chi connectivity index (χ1v) is 8.20. The second-order valence-electron chi connectivity index (χ2n) is 6.32. The predicted molar refractivity (Wildman–Crippen MR) is 77.8 cm³/mol. The lowest BCUT2D eigenvalue weighted by molar-refractivity contribution is 0.100. The van der Waals surface area contributed by atoms with E-state index >= 15 is 0 Å². The van der Waals surface area contributed by atoms with Crippen LogP contribution in [0.2, 0.25) is 0 Å². The van der Waals surface area contributed by atoms with E-state index in [-0.39, 0.29) is 12.1 Å². The number of ether oxygens (including phenoxy) is 1. The van der Waals surface area contributed by atoms with Gasteiger partial charge in [-0.25, -0.2) is 4.79 Å². The van der Waals surface area contributed by atoms with Crippen LogP contribution in [-0.4, -0.2) is 67.3 Å². The van der Waals surface area contributed by atoms with Gasteiger partial charge in [0, 0.05) is 25.7 Å². The molecule has 0 spiro atoms. The van der Waals surface area contributed by atoms with Gasteiger partial charge < -0.3 is 19.9 Å². The molecular formula is C15H27N3O2. The van der Waals surface area contributed by atoms with Crippen molar-refractivity contribution in [1.29, 1.82) is 0 Å². The van der Waals surface area contributed by atoms with Crippen LogP contribution in [0.5, 0.6) is 0 Å². The zero-order chi connectivity index (χ0) is 13.8. The zero-order valence-electron chi connectivity index (χ0n) is 12.4. The van der Waals surface area contributed by atoms with Crippen molar-refractivity contribution in [1.82, 2.24) is 15.1 Å². The number of rotatable bonds is 2. The summed E-state index contributed by atoms with van der Waals surface area (Å²) >= 11 is 0. The van der Waals surface area contributed by atoms with E-state index in [0.29, 0.717) is 12.6 Å². The Labute approximate surface area is 121 Å². The van der Waals surface area contributed by atoms with Crippen molar-refractivity contribution in [3.05, 3.63) is 0 Å². The fourth-order valence-electron chi connectivity index (χ4n) is 3.63. The van der Waals surface area contributed by atoms with Crippen LogP contribution in [0.15, 0.2) is 0 Å². The van der Waals surface area contributed by atoms with E-state index in [0.717, 1.165) is 39.0 Å². The molecule has 3 heterocycles. The third kappa shape index (κ3) is 3.44. The minimum Gasteiger partial charge on any atom is -0.379 e. The SMILES string of the molecule is O=C(NC1CCOC1)N1CCC(N2CCCCC2)CC1. The topological polar surface area (TPSA) is 44.8 Å². The van der Waals surface area contributed by atoms with E-state index in [4.69, 9.17) is 4.74 Å². The standard InChI is InChI=1S/C15H27N3O2/c19-15(16-13-6-11-20-12-13)18-9-4-14(5-10-18)17-7-2-1-3-8-17/h13-14H,1-12H2,(H,16,19). The highest BCUT2D eigenvalue weighted by Crippen LogP contribution is 2.21. The predicted octanol–water partition coefficient (Wildman–Crippen LogP) is 1.44. The molecule has 0 bridgehead atoms. The van der Waals surface area contributed by atoms with Gasteiger partial charge in [0.15, 0.2) is 0 Å². The van der Waals surface area contributed by atoms with Crippen LogP contribution in [0.1, 0.15) is 38.5 Å². The highest BCUT2D eigenvalue weighted by Gasteiger charge is 2.28. The van der Waals surface area contributed by atoms with E-state index < -0.39 is 0 Å². The number of nitrogens with zero attached hydrogens (tertiary/aromatic N) is 2. The number of nitrogens with one attached hydrogen (secondary N) is 1. The molecule has 5 nitrogen and oxygen atoms in total. The molecule has 0 aromatic heterocycles. The molecule has 5 heteroatoms. The van der Waals surface area contributed by atoms with Crippen LogP contribution in [0, 0.1) is 0 Å². The number of hydrogen-bond acceptors (Lipinski definition) is 3. The molecule has 1 unspecified atom stereocenters. The maximum Gasteiger partial charge on any atom is 0.317 e. The highest BCUT2D eigenvalue weighted by molar-refractivity contribution is 5.74. The number of hydrogen-bond donors (Lipinski definition) is 1. The first kappa shape index (κ1) is 14.1. The fourth-order valence-corrected chi connectivity index (χ4v) is 3.63. The van der Waals surface area contributed by atoms with Crippen LogP contribution < -0.4 is 5.32 Å². The molecule has 20 heavy (non-hydrogen) atoms. The largest absolute Gasteiger partial charge is 0.379 e. The van der Waals surface area contributed by atoms with E-state index in [1.807, 2.05) is 4.90 Å². The Morgan fingerprint density at radius 1 is 1.00 bits per heavy atom. The Morgan fingerprint density at radius 2 is 1.75 bits per heavy atom. The molecule has 0 aromatic carbocycles. The Kier molecular flexibility index (Phi) is 4.78. The van der Waals surface area contributed by atoms with E-state index in [1.54, 1.807) is 0 Å². The van der Waals surface area contributed by atoms with Crippen molar-refractivity contribution < 1.29 is 9.53 Å². The van der Waals surface area contributed by atoms with Crippen molar-refractivity contribution >= 4 is 6.03 Å². The summed E-state index contributed by atoms with van der Waals surface area (Å²) in [6, 6.07) is 1.04. The summed E-state index contributed by atoms with van der Waals surface area (Å²) in [7, 11) is 0. The third-order valence-corrected chi connectivity index (χ3v) is 4.92. The first-order valence-electron chi connectivity index (χ1n) is 8.20. The Balaban J connectivity index is 1.41. The van der Waals surface area contributed by atoms with Gasteiger partial charge in [0.1, 0.15) is 0 Å². The molecule has 0 radical (unpaired) electrons. The number of piperidine rings is 2. The molecule has 114 valence electrons. The maximum atomic E-state index is 12.2. The first-order chi connectivity index (χ1) is 9.83. The van der Waals surface area contributed by atoms with Crippen molar-refractivity contribution in [2.24, 2.45) is 0 Å². The lowest BCUT2D eigenvalue weighted by Gasteiger charge is -2.40. The smallest absolute Gasteiger partial charge is 0.317 e. The molecule has 3 rings (SSSR count). The second-order valence-corrected chi connectivity index (χ2v) is 6.32. The van der Waals surface area contributed by atoms with Gasteiger partial charge in [0.05, 0.1) is 12.6 Å². The van der Waals surface area contributed by atoms with E-state index in [1.165, 1.54) is 32.4 Å². The summed E-state index contributed by atoms with van der Waals surface area (Å²) in [4.78, 5) is 16.8. The molecule has 3 aliphatic heterocycles. The Morgan fingerprint density at radius 3 is 2.40 bits per heavy atom. The maximum absolute atomic E-state index is 12.2. The summed E-state index contributed by atoms with van der Waals surface area (Å²) in [5.74, 6) is 0. The monoisotopic (exact) mass is 281 g/mol. The minimum absolute atomic E-state index is 0.109. The van der Waals surface area contributed by atoms with Crippen LogP contribution in [0.25, 0.3) is 0 Å². The van der Waals surface area contributed by atoms with Gasteiger partial charge in [-0.1, -0.05) is 6.42 Å². The molecule has 2 amide bonds. The summed E-state index contributed by atoms with van der Waals surface area (Å²) in [5.41, 5.74) is 0. The summed E-state index contributed by atoms with van der Waals surface area (Å²) in [5, 5.41) is 3.09. The molecule has 3 fully saturated rings. The van der Waals surface area contributed by atoms with E-state index in [9.17, 15) is 4.79 Å². The lowest BCUT2D eigenvalue weighted by Crippen LogP contribution is -2.52. The van der Waals surface area contributed by atoms with Gasteiger partial charge in [0.25, 0.3) is 0 Å². The molecule has 1 atom stereocenters. The van der Waals surface area contributed by atoms with Gasteiger partial charge in [-0.05, 0) is 45.2 Å². The molecule has 0 saturated carbocycles. The number of likely N-dealkylation sites (tertiary alicyclic amines) is 2. The number of amides is 2. The average molecular weight is 281 g/mol. The minimum atomic E-state index is 0.109. The average Bonchev–Trinajstić information content (AvgIpc) is 3.01. The van der Waals surface area contributed by atoms with Gasteiger partial charge >= 0.3 is 6.03 Å². The second kappa shape index (κ2) is 6.76. The summed E-state index contributed by atoms with van der Waals surface area (Å²) in [6.07, 6.45) is 7.31. The Bertz CT molecular complexity index is 317. The van der Waals surface area contributed by atoms with Gasteiger partial charge in [-0.2, -0.15) is 0 Å². The molecular weight excluding hydrogens is 254 g/mol. The van der Waals surface area contributed by atoms with Crippen molar-refractivity contribution in [2.45, 2.75) is 50.6 Å². The normalized spacial score (nSPS) is 29.6. The molecule has 1 N–H and O–H groups in total. The molecule has 3 saturated heterocycles. The Hall–Kier alpha value is -0.810. The van der Waals surface area contributed by atoms with Crippen LogP contribution in [0.3, 0.4) is 0 Å². The molecule has 0 aliphatic carbocycles. The lowest BCUT2D eigenvalue weighted by atomic mass is 10.00. The zero-order valence-corrected chi connectivity index (χ0v) is 12.4. The number of urea groups is 1. The summed E-state index contributed by atoms with van der Waals surface area (Å²) < 4.78 is 5.30. The van der Waals surface area contributed by atoms with Gasteiger partial charge in [-0.15, -0.1) is 0 Å². The highest BCUT2D eigenvalue weighted by atomic mass is 16.5. The summed E-state index contributed by atoms with van der Waals surface area (Å²) in [6.45, 7) is 5.78. The fraction of sp³-hybridized carbons (Fsp3) is 0.933. The van der Waals surface area contributed by atoms with Crippen LogP contribution in [0.4, 0.5) is 4.79 Å². The van der Waals surface area contributed by atoms with Gasteiger partial charge in [0.2, 0.25) is 0 Å². The third-order valence-electron chi connectivity index (χ3n) is 4.92.